The summed E-state index contributed by atoms with van der Waals surface area (Å²) in [7, 11) is 1.70. The highest BCUT2D eigenvalue weighted by Crippen LogP contribution is 2.70. The summed E-state index contributed by atoms with van der Waals surface area (Å²) in [5, 5.41) is 160. The Balaban J connectivity index is 0.811. The summed E-state index contributed by atoms with van der Waals surface area (Å²) in [5.74, 6) is 0.606. The van der Waals surface area contributed by atoms with Crippen molar-refractivity contribution >= 4 is 0 Å². The van der Waals surface area contributed by atoms with Crippen molar-refractivity contribution in [3.8, 4) is 0 Å². The summed E-state index contributed by atoms with van der Waals surface area (Å²) in [6.45, 7) is 10.1. The molecule has 10 rings (SSSR count). The predicted molar refractivity (Wildman–Crippen MR) is 286 cm³/mol. The summed E-state index contributed by atoms with van der Waals surface area (Å²) >= 11 is 0. The molecule has 0 aromatic rings. The van der Waals surface area contributed by atoms with Gasteiger partial charge in [-0.15, -0.1) is 0 Å². The Labute approximate surface area is 494 Å². The van der Waals surface area contributed by atoms with Gasteiger partial charge in [-0.1, -0.05) is 39.3 Å². The molecular formula is C58H96O27. The first-order valence-electron chi connectivity index (χ1n) is 30.7. The van der Waals surface area contributed by atoms with Crippen LogP contribution in [0.5, 0.6) is 0 Å². The molecule has 6 aliphatic heterocycles. The van der Waals surface area contributed by atoms with Crippen LogP contribution in [0.1, 0.15) is 99.3 Å². The molecule has 36 atom stereocenters. The second-order valence-electron chi connectivity index (χ2n) is 26.8. The van der Waals surface area contributed by atoms with Gasteiger partial charge in [0.1, 0.15) is 110 Å². The molecule has 0 spiro atoms. The Hall–Kier alpha value is -1.34. The molecule has 27 heteroatoms. The normalized spacial score (nSPS) is 54.8. The lowest BCUT2D eigenvalue weighted by Crippen LogP contribution is -2.67. The lowest BCUT2D eigenvalue weighted by atomic mass is 9.47. The molecule has 15 N–H and O–H groups in total. The molecule has 0 aromatic heterocycles. The van der Waals surface area contributed by atoms with E-state index in [1.807, 2.05) is 6.92 Å². The van der Waals surface area contributed by atoms with Crippen LogP contribution in [0.2, 0.25) is 0 Å². The molecule has 10 aliphatic rings. The summed E-state index contributed by atoms with van der Waals surface area (Å²) < 4.78 is 73.9. The van der Waals surface area contributed by atoms with Gasteiger partial charge in [-0.05, 0) is 106 Å². The number of aliphatic hydroxyl groups is 15. The minimum Gasteiger partial charge on any atom is -0.394 e. The lowest BCUT2D eigenvalue weighted by molar-refractivity contribution is -0.398. The van der Waals surface area contributed by atoms with Gasteiger partial charge in [0.15, 0.2) is 37.2 Å². The van der Waals surface area contributed by atoms with Crippen molar-refractivity contribution in [1.82, 2.24) is 0 Å². The molecule has 0 bridgehead atoms. The number of rotatable bonds is 18. The van der Waals surface area contributed by atoms with Crippen molar-refractivity contribution in [2.45, 2.75) is 271 Å². The van der Waals surface area contributed by atoms with Gasteiger partial charge in [0, 0.05) is 19.4 Å². The van der Waals surface area contributed by atoms with Crippen LogP contribution in [0.4, 0.5) is 0 Å². The van der Waals surface area contributed by atoms with Crippen molar-refractivity contribution in [3.05, 3.63) is 11.6 Å². The van der Waals surface area contributed by atoms with Crippen LogP contribution in [0.15, 0.2) is 11.6 Å². The summed E-state index contributed by atoms with van der Waals surface area (Å²) in [6.07, 6.45) is -30.3. The third-order valence-corrected chi connectivity index (χ3v) is 21.9. The van der Waals surface area contributed by atoms with Crippen LogP contribution in [-0.4, -0.2) is 282 Å². The second-order valence-corrected chi connectivity index (χ2v) is 26.8. The Bertz CT molecular complexity index is 2240. The fourth-order valence-electron chi connectivity index (χ4n) is 16.8. The maximum absolute atomic E-state index is 11.9. The molecule has 27 nitrogen and oxygen atoms in total. The lowest BCUT2D eigenvalue weighted by Gasteiger charge is -2.58. The SMILES string of the molecule is CO[C@]1(CC[C@H](C)CO[C@H]2O[C@@H](CO)[C@H](O)[C@@H](O)[C@@H]2O)O[C@H]2C[C@H]3[C@@H]4CC=C5C[C@H](O[C@H]6O[C@@H](CO)[C@H](O)[C@@H](O[C@H]7O[C@@H](C)[C@H](O[C@H]8O[C@@H](CO)[C@H](O)[C@@H](O)[C@@H]8O)[C@@H](O)[C@@H]7O)[C@@H]6O[C@H]6O[C@@H](C)[C@H](O)[C@@H](O)[C@@H]6O)CC[C@@]5(C)[C@H]4CC[C@@]3(C)[C@H]2[C@@H]1C. The van der Waals surface area contributed by atoms with Gasteiger partial charge in [0.25, 0.3) is 0 Å². The zero-order valence-corrected chi connectivity index (χ0v) is 49.4. The summed E-state index contributed by atoms with van der Waals surface area (Å²) in [4.78, 5) is 0. The fraction of sp³-hybridized carbons (Fsp3) is 0.966. The minimum absolute atomic E-state index is 0.0134. The fourth-order valence-corrected chi connectivity index (χ4v) is 16.8. The van der Waals surface area contributed by atoms with E-state index in [1.165, 1.54) is 19.4 Å². The highest BCUT2D eigenvalue weighted by molar-refractivity contribution is 5.26. The third kappa shape index (κ3) is 12.1. The first-order valence-corrected chi connectivity index (χ1v) is 30.7. The van der Waals surface area contributed by atoms with Gasteiger partial charge in [-0.2, -0.15) is 0 Å². The van der Waals surface area contributed by atoms with Crippen LogP contribution in [0.25, 0.3) is 0 Å². The number of methoxy groups -OCH3 is 1. The second kappa shape index (κ2) is 26.3. The Morgan fingerprint density at radius 1 is 0.565 bits per heavy atom. The van der Waals surface area contributed by atoms with Gasteiger partial charge in [0.2, 0.25) is 0 Å². The van der Waals surface area contributed by atoms with E-state index in [4.69, 9.17) is 56.8 Å². The molecule has 490 valence electrons. The molecular weight excluding hydrogens is 1130 g/mol. The predicted octanol–water partition coefficient (Wildman–Crippen LogP) is -3.50. The van der Waals surface area contributed by atoms with Crippen molar-refractivity contribution in [3.63, 3.8) is 0 Å². The van der Waals surface area contributed by atoms with E-state index < -0.39 is 185 Å². The molecule has 0 amide bonds. The molecule has 85 heavy (non-hydrogen) atoms. The largest absolute Gasteiger partial charge is 0.394 e. The van der Waals surface area contributed by atoms with E-state index in [2.05, 4.69) is 26.8 Å². The van der Waals surface area contributed by atoms with Crippen molar-refractivity contribution < 1.29 is 133 Å². The third-order valence-electron chi connectivity index (χ3n) is 21.9. The molecule has 6 heterocycles. The van der Waals surface area contributed by atoms with Crippen LogP contribution in [0.3, 0.4) is 0 Å². The number of hydrogen-bond donors (Lipinski definition) is 15. The molecule has 0 unspecified atom stereocenters. The number of allylic oxidation sites excluding steroid dienone is 1. The zero-order valence-electron chi connectivity index (χ0n) is 49.4. The van der Waals surface area contributed by atoms with Crippen LogP contribution >= 0.6 is 0 Å². The van der Waals surface area contributed by atoms with Crippen LogP contribution < -0.4 is 0 Å². The molecule has 0 radical (unpaired) electrons. The van der Waals surface area contributed by atoms with Crippen molar-refractivity contribution in [2.24, 2.45) is 46.3 Å². The van der Waals surface area contributed by atoms with E-state index in [-0.39, 0.29) is 41.3 Å². The molecule has 3 saturated carbocycles. The van der Waals surface area contributed by atoms with E-state index in [9.17, 15) is 76.6 Å². The molecule has 0 aromatic carbocycles. The van der Waals surface area contributed by atoms with Gasteiger partial charge in [0.05, 0.1) is 50.8 Å². The first-order chi connectivity index (χ1) is 40.2. The zero-order chi connectivity index (χ0) is 61.5. The molecule has 4 aliphatic carbocycles. The Morgan fingerprint density at radius 2 is 1.11 bits per heavy atom. The number of hydrogen-bond acceptors (Lipinski definition) is 27. The van der Waals surface area contributed by atoms with E-state index in [0.29, 0.717) is 43.4 Å². The Kier molecular flexibility index (Phi) is 20.6. The maximum Gasteiger partial charge on any atom is 0.187 e. The molecule has 6 saturated heterocycles. The monoisotopic (exact) mass is 1220 g/mol. The van der Waals surface area contributed by atoms with Gasteiger partial charge >= 0.3 is 0 Å². The van der Waals surface area contributed by atoms with E-state index in [1.54, 1.807) is 7.11 Å². The smallest absolute Gasteiger partial charge is 0.187 e. The quantitative estimate of drug-likeness (QED) is 0.0592. The average Bonchev–Trinajstić information content (AvgIpc) is 1.61. The van der Waals surface area contributed by atoms with Gasteiger partial charge in [-0.3, -0.25) is 0 Å². The Morgan fingerprint density at radius 3 is 1.74 bits per heavy atom. The number of fused-ring (bicyclic) bond motifs is 7. The highest BCUT2D eigenvalue weighted by Gasteiger charge is 2.69. The van der Waals surface area contributed by atoms with E-state index in [0.717, 1.165) is 32.1 Å². The van der Waals surface area contributed by atoms with Crippen molar-refractivity contribution in [2.75, 3.05) is 33.5 Å². The first kappa shape index (κ1) is 66.6. The number of ether oxygens (including phenoxy) is 12. The van der Waals surface area contributed by atoms with Crippen LogP contribution in [0, 0.1) is 46.3 Å². The van der Waals surface area contributed by atoms with Crippen molar-refractivity contribution in [1.29, 1.82) is 0 Å². The summed E-state index contributed by atoms with van der Waals surface area (Å²) in [5.41, 5.74) is 1.03. The average molecular weight is 1230 g/mol. The summed E-state index contributed by atoms with van der Waals surface area (Å²) in [6, 6.07) is 0. The number of aliphatic hydroxyl groups excluding tert-OH is 15. The highest BCUT2D eigenvalue weighted by atomic mass is 16.8. The maximum atomic E-state index is 11.9. The molecule has 9 fully saturated rings. The van der Waals surface area contributed by atoms with Gasteiger partial charge in [-0.25, -0.2) is 0 Å². The minimum atomic E-state index is -1.96. The van der Waals surface area contributed by atoms with E-state index >= 15 is 0 Å². The van der Waals surface area contributed by atoms with Gasteiger partial charge < -0.3 is 133 Å². The topological polar surface area (TPSA) is 414 Å². The standard InChI is InChI=1S/C58H96O27/c1-22(21-75-51-44(70)41(67)37(63)32(18-59)79-51)10-15-58(74-7)23(2)35-31(85-58)17-30-28-9-8-26-16-27(11-13-56(26,5)29(28)12-14-57(30,35)6)78-55-50(84-52-45(71)40(66)36(62)24(3)76-52)49(39(65)34(20-61)81-55)83-53-47(73)43(69)48(25(4)77-53)82-54-46(72)42(68)38(64)33(19-60)80-54/h8,22-25,27-55,59-73H,9-21H2,1-7H3/t22-,23-,24-,25-,27+,28+,29-,30-,31-,32-,33-,34-,35-,36-,37-,38-,39-,40+,41+,42+,43-,44-,45-,46-,47-,48-,49+,50-,51-,52+,53+,54+,55-,56+,57+,58+/m0/s1. The van der Waals surface area contributed by atoms with Crippen LogP contribution in [-0.2, 0) is 56.8 Å².